The number of benzene rings is 1. The van der Waals surface area contributed by atoms with Gasteiger partial charge in [0, 0.05) is 30.6 Å². The molecule has 0 radical (unpaired) electrons. The first-order chi connectivity index (χ1) is 11.6. The van der Waals surface area contributed by atoms with Gasteiger partial charge >= 0.3 is 0 Å². The van der Waals surface area contributed by atoms with Crippen LogP contribution >= 0.6 is 0 Å². The van der Waals surface area contributed by atoms with Gasteiger partial charge in [-0.25, -0.2) is 13.1 Å². The molecular weight excluding hydrogens is 328 g/mol. The second kappa shape index (κ2) is 6.86. The van der Waals surface area contributed by atoms with Gasteiger partial charge in [0.15, 0.2) is 0 Å². The van der Waals surface area contributed by atoms with Crippen molar-refractivity contribution in [3.05, 3.63) is 66.7 Å². The summed E-state index contributed by atoms with van der Waals surface area (Å²) in [7, 11) is -2.15. The molecule has 7 heteroatoms. The number of hydrogen-bond acceptors (Lipinski definition) is 5. The number of sulfonamides is 1. The van der Waals surface area contributed by atoms with Crippen LogP contribution in [0.2, 0.25) is 0 Å². The van der Waals surface area contributed by atoms with E-state index in [2.05, 4.69) is 9.71 Å². The number of ether oxygens (including phenoxy) is 1. The van der Waals surface area contributed by atoms with Crippen molar-refractivity contribution in [2.24, 2.45) is 0 Å². The van der Waals surface area contributed by atoms with Gasteiger partial charge in [-0.05, 0) is 35.9 Å². The average molecular weight is 344 g/mol. The first-order valence-electron chi connectivity index (χ1n) is 7.20. The zero-order valence-corrected chi connectivity index (χ0v) is 13.8. The van der Waals surface area contributed by atoms with E-state index in [0.717, 1.165) is 11.1 Å². The lowest BCUT2D eigenvalue weighted by Gasteiger charge is -2.08. The molecule has 0 amide bonds. The largest absolute Gasteiger partial charge is 0.497 e. The van der Waals surface area contributed by atoms with Gasteiger partial charge in [0.1, 0.15) is 11.5 Å². The number of methoxy groups -OCH3 is 1. The molecule has 0 saturated heterocycles. The minimum atomic E-state index is -3.64. The molecule has 3 rings (SSSR count). The van der Waals surface area contributed by atoms with Crippen LogP contribution in [-0.4, -0.2) is 20.5 Å². The highest BCUT2D eigenvalue weighted by atomic mass is 32.2. The molecule has 1 N–H and O–H groups in total. The van der Waals surface area contributed by atoms with Gasteiger partial charge in [-0.1, -0.05) is 6.07 Å². The van der Waals surface area contributed by atoms with E-state index in [4.69, 9.17) is 9.15 Å². The molecule has 0 aliphatic heterocycles. The highest BCUT2D eigenvalue weighted by Gasteiger charge is 2.14. The molecule has 0 fully saturated rings. The zero-order chi connectivity index (χ0) is 17.0. The molecule has 124 valence electrons. The van der Waals surface area contributed by atoms with Crippen molar-refractivity contribution in [3.63, 3.8) is 0 Å². The van der Waals surface area contributed by atoms with E-state index in [1.807, 2.05) is 12.1 Å². The summed E-state index contributed by atoms with van der Waals surface area (Å²) in [5.74, 6) is 1.17. The van der Waals surface area contributed by atoms with E-state index < -0.39 is 10.0 Å². The van der Waals surface area contributed by atoms with Gasteiger partial charge in [-0.15, -0.1) is 0 Å². The van der Waals surface area contributed by atoms with Crippen LogP contribution in [0.5, 0.6) is 5.75 Å². The number of rotatable bonds is 6. The smallest absolute Gasteiger partial charge is 0.241 e. The average Bonchev–Trinajstić information content (AvgIpc) is 3.15. The van der Waals surface area contributed by atoms with E-state index in [1.165, 1.54) is 19.2 Å². The summed E-state index contributed by atoms with van der Waals surface area (Å²) < 4.78 is 37.7. The quantitative estimate of drug-likeness (QED) is 0.743. The summed E-state index contributed by atoms with van der Waals surface area (Å²) >= 11 is 0. The summed E-state index contributed by atoms with van der Waals surface area (Å²) in [6.45, 7) is 0.126. The molecule has 0 unspecified atom stereocenters. The summed E-state index contributed by atoms with van der Waals surface area (Å²) in [5, 5.41) is 0. The normalized spacial score (nSPS) is 11.4. The van der Waals surface area contributed by atoms with Crippen LogP contribution in [0, 0.1) is 0 Å². The Labute approximate surface area is 140 Å². The van der Waals surface area contributed by atoms with Crippen LogP contribution in [0.3, 0.4) is 0 Å². The van der Waals surface area contributed by atoms with Crippen LogP contribution in [0.1, 0.15) is 5.56 Å². The summed E-state index contributed by atoms with van der Waals surface area (Å²) in [4.78, 5) is 4.28. The lowest BCUT2D eigenvalue weighted by Crippen LogP contribution is -2.23. The predicted octanol–water partition coefficient (Wildman–Crippen LogP) is 2.83. The Morgan fingerprint density at radius 1 is 1.17 bits per heavy atom. The zero-order valence-electron chi connectivity index (χ0n) is 13.0. The Kier molecular flexibility index (Phi) is 4.64. The monoisotopic (exact) mass is 344 g/mol. The molecule has 6 nitrogen and oxygen atoms in total. The van der Waals surface area contributed by atoms with Crippen LogP contribution in [0.4, 0.5) is 0 Å². The number of hydrogen-bond donors (Lipinski definition) is 1. The highest BCUT2D eigenvalue weighted by Crippen LogP contribution is 2.20. The number of nitrogens with one attached hydrogen (secondary N) is 1. The minimum absolute atomic E-state index is 0.126. The molecular formula is C17H16N2O4S. The standard InChI is InChI=1S/C17H16N2O4S/c1-22-15-4-2-5-16(9-15)24(20,21)19-11-13-8-14(12-18-10-13)17-6-3-7-23-17/h2-10,12,19H,11H2,1H3. The fourth-order valence-corrected chi connectivity index (χ4v) is 3.24. The van der Waals surface area contributed by atoms with E-state index in [0.29, 0.717) is 11.5 Å². The van der Waals surface area contributed by atoms with Crippen molar-refractivity contribution in [1.82, 2.24) is 9.71 Å². The lowest BCUT2D eigenvalue weighted by atomic mass is 10.2. The first-order valence-corrected chi connectivity index (χ1v) is 8.68. The molecule has 24 heavy (non-hydrogen) atoms. The molecule has 0 aliphatic rings. The van der Waals surface area contributed by atoms with Crippen LogP contribution < -0.4 is 9.46 Å². The summed E-state index contributed by atoms with van der Waals surface area (Å²) in [6.07, 6.45) is 4.85. The van der Waals surface area contributed by atoms with E-state index in [-0.39, 0.29) is 11.4 Å². The first kappa shape index (κ1) is 16.2. The lowest BCUT2D eigenvalue weighted by molar-refractivity contribution is 0.413. The van der Waals surface area contributed by atoms with Crippen molar-refractivity contribution in [2.75, 3.05) is 7.11 Å². The van der Waals surface area contributed by atoms with E-state index in [9.17, 15) is 8.42 Å². The van der Waals surface area contributed by atoms with Gasteiger partial charge < -0.3 is 9.15 Å². The molecule has 2 heterocycles. The van der Waals surface area contributed by atoms with Crippen molar-refractivity contribution in [1.29, 1.82) is 0 Å². The third-order valence-electron chi connectivity index (χ3n) is 3.42. The van der Waals surface area contributed by atoms with Gasteiger partial charge in [0.05, 0.1) is 18.3 Å². The SMILES string of the molecule is COc1cccc(S(=O)(=O)NCc2cncc(-c3ccco3)c2)c1. The van der Waals surface area contributed by atoms with E-state index >= 15 is 0 Å². The van der Waals surface area contributed by atoms with Gasteiger partial charge in [-0.2, -0.15) is 0 Å². The van der Waals surface area contributed by atoms with Crippen LogP contribution in [0.15, 0.2) is 70.4 Å². The fraction of sp³-hybridized carbons (Fsp3) is 0.118. The van der Waals surface area contributed by atoms with Crippen molar-refractivity contribution >= 4 is 10.0 Å². The Balaban J connectivity index is 1.76. The minimum Gasteiger partial charge on any atom is -0.497 e. The summed E-state index contributed by atoms with van der Waals surface area (Å²) in [5.41, 5.74) is 1.52. The number of nitrogens with zero attached hydrogens (tertiary/aromatic N) is 1. The van der Waals surface area contributed by atoms with Crippen LogP contribution in [-0.2, 0) is 16.6 Å². The molecule has 2 aromatic heterocycles. The fourth-order valence-electron chi connectivity index (χ4n) is 2.19. The van der Waals surface area contributed by atoms with Crippen molar-refractivity contribution in [3.8, 4) is 17.1 Å². The predicted molar refractivity (Wildman–Crippen MR) is 89.0 cm³/mol. The second-order valence-electron chi connectivity index (χ2n) is 5.06. The van der Waals surface area contributed by atoms with E-state index in [1.54, 1.807) is 36.9 Å². The molecule has 3 aromatic rings. The highest BCUT2D eigenvalue weighted by molar-refractivity contribution is 7.89. The molecule has 0 saturated carbocycles. The van der Waals surface area contributed by atoms with Crippen molar-refractivity contribution in [2.45, 2.75) is 11.4 Å². The second-order valence-corrected chi connectivity index (χ2v) is 6.83. The number of aromatic nitrogens is 1. The van der Waals surface area contributed by atoms with Crippen LogP contribution in [0.25, 0.3) is 11.3 Å². The molecule has 0 aliphatic carbocycles. The molecule has 1 aromatic carbocycles. The van der Waals surface area contributed by atoms with Gasteiger partial charge in [-0.3, -0.25) is 4.98 Å². The summed E-state index contributed by atoms with van der Waals surface area (Å²) in [6, 6.07) is 11.7. The Bertz CT molecular complexity index is 921. The molecule has 0 atom stereocenters. The number of pyridine rings is 1. The van der Waals surface area contributed by atoms with Gasteiger partial charge in [0.25, 0.3) is 0 Å². The maximum Gasteiger partial charge on any atom is 0.241 e. The third kappa shape index (κ3) is 3.64. The maximum absolute atomic E-state index is 12.4. The Hall–Kier alpha value is -2.64. The Morgan fingerprint density at radius 2 is 2.04 bits per heavy atom. The van der Waals surface area contributed by atoms with Gasteiger partial charge in [0.2, 0.25) is 10.0 Å². The third-order valence-corrected chi connectivity index (χ3v) is 4.82. The Morgan fingerprint density at radius 3 is 2.79 bits per heavy atom. The molecule has 0 spiro atoms. The van der Waals surface area contributed by atoms with Crippen molar-refractivity contribution < 1.29 is 17.6 Å². The number of furan rings is 1. The topological polar surface area (TPSA) is 81.4 Å². The molecule has 0 bridgehead atoms. The maximum atomic E-state index is 12.4.